The van der Waals surface area contributed by atoms with Crippen molar-refractivity contribution < 1.29 is 13.9 Å². The lowest BCUT2D eigenvalue weighted by atomic mass is 10.1. The molecule has 1 fully saturated rings. The molecule has 1 aromatic rings. The molecule has 3 N–H and O–H groups in total. The molecule has 1 aliphatic carbocycles. The van der Waals surface area contributed by atoms with Crippen molar-refractivity contribution in [2.24, 2.45) is 11.8 Å². The highest BCUT2D eigenvalue weighted by Crippen LogP contribution is 2.25. The Morgan fingerprint density at radius 2 is 2.29 bits per heavy atom. The molecule has 1 aromatic heterocycles. The molecular weight excluding hydrogens is 220 g/mol. The van der Waals surface area contributed by atoms with Crippen LogP contribution in [0.15, 0.2) is 16.7 Å². The molecule has 5 heteroatoms. The van der Waals surface area contributed by atoms with Crippen molar-refractivity contribution in [3.05, 3.63) is 23.7 Å². The normalized spacial score (nSPS) is 16.3. The van der Waals surface area contributed by atoms with Crippen molar-refractivity contribution in [3.63, 3.8) is 0 Å². The Morgan fingerprint density at radius 1 is 1.53 bits per heavy atom. The predicted octanol–water partition coefficient (Wildman–Crippen LogP) is 1.59. The molecule has 0 aliphatic heterocycles. The van der Waals surface area contributed by atoms with Crippen LogP contribution in [0.2, 0.25) is 0 Å². The largest absolute Gasteiger partial charge is 0.466 e. The number of carbonyl (C=O) groups is 1. The molecule has 5 nitrogen and oxygen atoms in total. The minimum Gasteiger partial charge on any atom is -0.466 e. The van der Waals surface area contributed by atoms with Crippen LogP contribution in [0.1, 0.15) is 41.8 Å². The summed E-state index contributed by atoms with van der Waals surface area (Å²) in [5.74, 6) is 5.93. The number of amides is 1. The Balaban J connectivity index is 1.82. The van der Waals surface area contributed by atoms with Gasteiger partial charge >= 0.3 is 0 Å². The molecule has 94 valence electrons. The third-order valence-electron chi connectivity index (χ3n) is 3.18. The molecular formula is C12H18N2O3. The molecule has 0 spiro atoms. The number of nitrogens with one attached hydrogen (secondary N) is 1. The van der Waals surface area contributed by atoms with Crippen LogP contribution in [0.3, 0.4) is 0 Å². The van der Waals surface area contributed by atoms with E-state index in [4.69, 9.17) is 15.0 Å². The van der Waals surface area contributed by atoms with Crippen molar-refractivity contribution in [2.45, 2.75) is 32.3 Å². The van der Waals surface area contributed by atoms with E-state index in [1.54, 1.807) is 6.07 Å². The number of hydrogen-bond acceptors (Lipinski definition) is 4. The highest BCUT2D eigenvalue weighted by molar-refractivity contribution is 5.94. The summed E-state index contributed by atoms with van der Waals surface area (Å²) >= 11 is 0. The van der Waals surface area contributed by atoms with Gasteiger partial charge in [-0.25, -0.2) is 5.84 Å². The van der Waals surface area contributed by atoms with Crippen LogP contribution in [0.4, 0.5) is 0 Å². The van der Waals surface area contributed by atoms with E-state index in [9.17, 15) is 4.79 Å². The van der Waals surface area contributed by atoms with Crippen molar-refractivity contribution in [1.29, 1.82) is 0 Å². The SMILES string of the molecule is NNC(=O)c1ccoc1COCC1CCCC1. The summed E-state index contributed by atoms with van der Waals surface area (Å²) in [5.41, 5.74) is 2.53. The number of rotatable bonds is 5. The van der Waals surface area contributed by atoms with Crippen LogP contribution in [-0.2, 0) is 11.3 Å². The zero-order chi connectivity index (χ0) is 12.1. The van der Waals surface area contributed by atoms with Crippen LogP contribution in [0.5, 0.6) is 0 Å². The molecule has 0 radical (unpaired) electrons. The first-order valence-corrected chi connectivity index (χ1v) is 5.96. The van der Waals surface area contributed by atoms with Gasteiger partial charge in [-0.2, -0.15) is 0 Å². The summed E-state index contributed by atoms with van der Waals surface area (Å²) < 4.78 is 10.8. The number of nitrogen functional groups attached to an aromatic ring is 1. The summed E-state index contributed by atoms with van der Waals surface area (Å²) in [4.78, 5) is 11.4. The minimum atomic E-state index is -0.349. The fourth-order valence-corrected chi connectivity index (χ4v) is 2.23. The number of hydrazine groups is 1. The van der Waals surface area contributed by atoms with Gasteiger partial charge in [-0.05, 0) is 24.8 Å². The van der Waals surface area contributed by atoms with Crippen LogP contribution in [0.25, 0.3) is 0 Å². The van der Waals surface area contributed by atoms with Crippen molar-refractivity contribution in [2.75, 3.05) is 6.61 Å². The molecule has 2 rings (SSSR count). The van der Waals surface area contributed by atoms with Gasteiger partial charge in [0.05, 0.1) is 11.8 Å². The number of furan rings is 1. The Morgan fingerprint density at radius 3 is 3.00 bits per heavy atom. The summed E-state index contributed by atoms with van der Waals surface area (Å²) in [6, 6.07) is 1.59. The summed E-state index contributed by atoms with van der Waals surface area (Å²) in [6.07, 6.45) is 6.56. The Hall–Kier alpha value is -1.33. The van der Waals surface area contributed by atoms with Crippen molar-refractivity contribution in [1.82, 2.24) is 5.43 Å². The number of ether oxygens (including phenoxy) is 1. The molecule has 1 heterocycles. The summed E-state index contributed by atoms with van der Waals surface area (Å²) in [7, 11) is 0. The zero-order valence-electron chi connectivity index (χ0n) is 9.78. The number of carbonyl (C=O) groups excluding carboxylic acids is 1. The highest BCUT2D eigenvalue weighted by Gasteiger charge is 2.17. The van der Waals surface area contributed by atoms with E-state index in [0.29, 0.717) is 23.8 Å². The van der Waals surface area contributed by atoms with Gasteiger partial charge in [-0.3, -0.25) is 10.2 Å². The molecule has 0 unspecified atom stereocenters. The van der Waals surface area contributed by atoms with Crippen LogP contribution < -0.4 is 11.3 Å². The van der Waals surface area contributed by atoms with Crippen molar-refractivity contribution in [3.8, 4) is 0 Å². The third kappa shape index (κ3) is 3.08. The number of nitrogens with two attached hydrogens (primary N) is 1. The fraction of sp³-hybridized carbons (Fsp3) is 0.583. The predicted molar refractivity (Wildman–Crippen MR) is 62.0 cm³/mol. The molecule has 1 aliphatic rings. The molecule has 0 aromatic carbocycles. The summed E-state index contributed by atoms with van der Waals surface area (Å²) in [5, 5.41) is 0. The first-order valence-electron chi connectivity index (χ1n) is 5.96. The van der Waals surface area contributed by atoms with E-state index < -0.39 is 0 Å². The molecule has 1 saturated carbocycles. The van der Waals surface area contributed by atoms with E-state index in [1.165, 1.54) is 31.9 Å². The van der Waals surface area contributed by atoms with Gasteiger partial charge < -0.3 is 9.15 Å². The number of hydrogen-bond donors (Lipinski definition) is 2. The van der Waals surface area contributed by atoms with E-state index in [0.717, 1.165) is 6.61 Å². The van der Waals surface area contributed by atoms with E-state index in [1.807, 2.05) is 0 Å². The van der Waals surface area contributed by atoms with Gasteiger partial charge in [0.15, 0.2) is 0 Å². The lowest BCUT2D eigenvalue weighted by Gasteiger charge is -2.09. The first-order chi connectivity index (χ1) is 8.31. The quantitative estimate of drug-likeness (QED) is 0.464. The van der Waals surface area contributed by atoms with Gasteiger partial charge in [-0.1, -0.05) is 12.8 Å². The maximum atomic E-state index is 11.4. The smallest absolute Gasteiger partial charge is 0.268 e. The monoisotopic (exact) mass is 238 g/mol. The second-order valence-corrected chi connectivity index (χ2v) is 4.40. The molecule has 0 bridgehead atoms. The second kappa shape index (κ2) is 5.84. The van der Waals surface area contributed by atoms with Crippen LogP contribution in [0, 0.1) is 5.92 Å². The summed E-state index contributed by atoms with van der Waals surface area (Å²) in [6.45, 7) is 1.07. The maximum Gasteiger partial charge on any atom is 0.268 e. The minimum absolute atomic E-state index is 0.326. The second-order valence-electron chi connectivity index (χ2n) is 4.40. The van der Waals surface area contributed by atoms with Crippen molar-refractivity contribution >= 4 is 5.91 Å². The fourth-order valence-electron chi connectivity index (χ4n) is 2.23. The van der Waals surface area contributed by atoms with Gasteiger partial charge in [-0.15, -0.1) is 0 Å². The Labute approximate surface area is 100 Å². The zero-order valence-corrected chi connectivity index (χ0v) is 9.78. The molecule has 17 heavy (non-hydrogen) atoms. The lowest BCUT2D eigenvalue weighted by Crippen LogP contribution is -2.30. The van der Waals surface area contributed by atoms with Gasteiger partial charge in [0.1, 0.15) is 12.4 Å². The standard InChI is InChI=1S/C12H18N2O3/c13-14-12(15)10-5-6-17-11(10)8-16-7-9-3-1-2-4-9/h5-6,9H,1-4,7-8,13H2,(H,14,15). The average molecular weight is 238 g/mol. The lowest BCUT2D eigenvalue weighted by molar-refractivity contribution is 0.0750. The van der Waals surface area contributed by atoms with Gasteiger partial charge in [0.25, 0.3) is 5.91 Å². The maximum absolute atomic E-state index is 11.4. The van der Waals surface area contributed by atoms with E-state index >= 15 is 0 Å². The first kappa shape index (κ1) is 12.1. The average Bonchev–Trinajstić information content (AvgIpc) is 2.99. The van der Waals surface area contributed by atoms with Gasteiger partial charge in [0.2, 0.25) is 0 Å². The van der Waals surface area contributed by atoms with Gasteiger partial charge in [0, 0.05) is 6.61 Å². The van der Waals surface area contributed by atoms with Crippen LogP contribution >= 0.6 is 0 Å². The molecule has 0 saturated heterocycles. The van der Waals surface area contributed by atoms with Crippen LogP contribution in [-0.4, -0.2) is 12.5 Å². The molecule has 1 amide bonds. The topological polar surface area (TPSA) is 77.5 Å². The Kier molecular flexibility index (Phi) is 4.17. The Bertz CT molecular complexity index is 370. The highest BCUT2D eigenvalue weighted by atomic mass is 16.5. The third-order valence-corrected chi connectivity index (χ3v) is 3.18. The molecule has 0 atom stereocenters. The van der Waals surface area contributed by atoms with E-state index in [-0.39, 0.29) is 5.91 Å². The van der Waals surface area contributed by atoms with E-state index in [2.05, 4.69) is 5.43 Å².